The molecule has 4 nitrogen and oxygen atoms in total. The lowest BCUT2D eigenvalue weighted by Crippen LogP contribution is -2.26. The fraction of sp³-hybridized carbons (Fsp3) is 0.222. The van der Waals surface area contributed by atoms with Gasteiger partial charge in [0.1, 0.15) is 11.1 Å². The minimum atomic E-state index is -0.318. The van der Waals surface area contributed by atoms with Crippen LogP contribution in [-0.2, 0) is 9.53 Å². The first-order valence-corrected chi connectivity index (χ1v) is 8.50. The standard InChI is InChI=1S/C18H16N2O2S/c21-17(15-8-4-10-22-15)19-13-6-3-5-12(11-13)18-20-14-7-1-2-9-16(14)23-18/h1-3,5-7,9,11,15H,4,8,10H2,(H,19,21)/t15-/m1/s1. The molecule has 1 aliphatic heterocycles. The van der Waals surface area contributed by atoms with E-state index in [1.807, 2.05) is 42.5 Å². The van der Waals surface area contributed by atoms with E-state index >= 15 is 0 Å². The van der Waals surface area contributed by atoms with Crippen LogP contribution in [0.15, 0.2) is 48.5 Å². The molecule has 1 fully saturated rings. The van der Waals surface area contributed by atoms with Gasteiger partial charge in [0.2, 0.25) is 0 Å². The van der Waals surface area contributed by atoms with Crippen molar-refractivity contribution in [2.75, 3.05) is 11.9 Å². The van der Waals surface area contributed by atoms with Crippen LogP contribution in [0.1, 0.15) is 12.8 Å². The molecule has 1 amide bonds. The fourth-order valence-corrected chi connectivity index (χ4v) is 3.69. The van der Waals surface area contributed by atoms with Gasteiger partial charge >= 0.3 is 0 Å². The Balaban J connectivity index is 1.59. The van der Waals surface area contributed by atoms with Gasteiger partial charge in [0.05, 0.1) is 10.2 Å². The number of thiazole rings is 1. The van der Waals surface area contributed by atoms with Crippen LogP contribution in [0.3, 0.4) is 0 Å². The predicted molar refractivity (Wildman–Crippen MR) is 92.7 cm³/mol. The van der Waals surface area contributed by atoms with Gasteiger partial charge in [-0.1, -0.05) is 24.3 Å². The fourth-order valence-electron chi connectivity index (χ4n) is 2.73. The minimum absolute atomic E-state index is 0.0658. The molecule has 0 saturated carbocycles. The molecule has 1 atom stereocenters. The number of rotatable bonds is 3. The lowest BCUT2D eigenvalue weighted by atomic mass is 10.2. The van der Waals surface area contributed by atoms with Crippen molar-refractivity contribution in [1.29, 1.82) is 0 Å². The van der Waals surface area contributed by atoms with Gasteiger partial charge in [-0.2, -0.15) is 0 Å². The minimum Gasteiger partial charge on any atom is -0.368 e. The molecule has 1 aromatic heterocycles. The predicted octanol–water partition coefficient (Wildman–Crippen LogP) is 4.08. The average Bonchev–Trinajstić information content (AvgIpc) is 3.24. The molecular weight excluding hydrogens is 308 g/mol. The molecule has 0 aliphatic carbocycles. The quantitative estimate of drug-likeness (QED) is 0.790. The van der Waals surface area contributed by atoms with E-state index in [1.165, 1.54) is 0 Å². The van der Waals surface area contributed by atoms with Crippen molar-refractivity contribution in [3.8, 4) is 10.6 Å². The monoisotopic (exact) mass is 324 g/mol. The molecule has 23 heavy (non-hydrogen) atoms. The van der Waals surface area contributed by atoms with E-state index in [1.54, 1.807) is 11.3 Å². The Bertz CT molecular complexity index is 820. The van der Waals surface area contributed by atoms with Crippen molar-refractivity contribution in [1.82, 2.24) is 4.98 Å². The number of carbonyl (C=O) groups is 1. The number of carbonyl (C=O) groups excluding carboxylic acids is 1. The Kier molecular flexibility index (Phi) is 3.81. The number of anilines is 1. The summed E-state index contributed by atoms with van der Waals surface area (Å²) in [5, 5.41) is 3.90. The summed E-state index contributed by atoms with van der Waals surface area (Å²) >= 11 is 1.65. The van der Waals surface area contributed by atoms with Gasteiger partial charge in [-0.05, 0) is 37.1 Å². The Hall–Kier alpha value is -2.24. The largest absolute Gasteiger partial charge is 0.368 e. The Morgan fingerprint density at radius 3 is 2.96 bits per heavy atom. The highest BCUT2D eigenvalue weighted by atomic mass is 32.1. The van der Waals surface area contributed by atoms with Crippen LogP contribution in [0.4, 0.5) is 5.69 Å². The Morgan fingerprint density at radius 2 is 2.13 bits per heavy atom. The molecule has 1 saturated heterocycles. The second kappa shape index (κ2) is 6.10. The molecule has 1 N–H and O–H groups in total. The number of nitrogens with zero attached hydrogens (tertiary/aromatic N) is 1. The molecule has 116 valence electrons. The SMILES string of the molecule is O=C(Nc1cccc(-c2nc3ccccc3s2)c1)[C@H]1CCCO1. The van der Waals surface area contributed by atoms with E-state index in [-0.39, 0.29) is 12.0 Å². The number of nitrogens with one attached hydrogen (secondary N) is 1. The summed E-state index contributed by atoms with van der Waals surface area (Å²) in [4.78, 5) is 16.8. The first-order chi connectivity index (χ1) is 11.3. The van der Waals surface area contributed by atoms with E-state index in [2.05, 4.69) is 16.4 Å². The van der Waals surface area contributed by atoms with Gasteiger partial charge in [0.25, 0.3) is 5.91 Å². The summed E-state index contributed by atoms with van der Waals surface area (Å²) in [6.07, 6.45) is 1.42. The normalized spacial score (nSPS) is 17.5. The average molecular weight is 324 g/mol. The molecule has 5 heteroatoms. The van der Waals surface area contributed by atoms with Crippen LogP contribution in [0.2, 0.25) is 0 Å². The van der Waals surface area contributed by atoms with Crippen LogP contribution >= 0.6 is 11.3 Å². The summed E-state index contributed by atoms with van der Waals surface area (Å²) in [5.41, 5.74) is 2.79. The highest BCUT2D eigenvalue weighted by Gasteiger charge is 2.23. The van der Waals surface area contributed by atoms with E-state index < -0.39 is 0 Å². The summed E-state index contributed by atoms with van der Waals surface area (Å²) in [6, 6.07) is 15.9. The van der Waals surface area contributed by atoms with E-state index in [0.29, 0.717) is 6.61 Å². The Labute approximate surface area is 138 Å². The highest BCUT2D eigenvalue weighted by Crippen LogP contribution is 2.31. The molecule has 1 aliphatic rings. The number of aromatic nitrogens is 1. The topological polar surface area (TPSA) is 51.2 Å². The number of ether oxygens (including phenoxy) is 1. The number of amides is 1. The van der Waals surface area contributed by atoms with E-state index in [9.17, 15) is 4.79 Å². The van der Waals surface area contributed by atoms with Gasteiger partial charge < -0.3 is 10.1 Å². The van der Waals surface area contributed by atoms with Crippen molar-refractivity contribution < 1.29 is 9.53 Å². The zero-order chi connectivity index (χ0) is 15.6. The summed E-state index contributed by atoms with van der Waals surface area (Å²) < 4.78 is 6.58. The van der Waals surface area contributed by atoms with Gasteiger partial charge in [0, 0.05) is 17.9 Å². The van der Waals surface area contributed by atoms with Crippen molar-refractivity contribution in [2.45, 2.75) is 18.9 Å². The second-order valence-electron chi connectivity index (χ2n) is 5.56. The molecule has 2 aromatic carbocycles. The number of para-hydroxylation sites is 1. The summed E-state index contributed by atoms with van der Waals surface area (Å²) in [7, 11) is 0. The lowest BCUT2D eigenvalue weighted by Gasteiger charge is -2.10. The zero-order valence-corrected chi connectivity index (χ0v) is 13.3. The van der Waals surface area contributed by atoms with E-state index in [0.717, 1.165) is 39.3 Å². The molecule has 4 rings (SSSR count). The number of fused-ring (bicyclic) bond motifs is 1. The number of hydrogen-bond donors (Lipinski definition) is 1. The number of hydrogen-bond acceptors (Lipinski definition) is 4. The third-order valence-electron chi connectivity index (χ3n) is 3.89. The van der Waals surface area contributed by atoms with Crippen molar-refractivity contribution in [2.24, 2.45) is 0 Å². The van der Waals surface area contributed by atoms with Gasteiger partial charge in [-0.3, -0.25) is 4.79 Å². The van der Waals surface area contributed by atoms with Gasteiger partial charge in [-0.15, -0.1) is 11.3 Å². The molecule has 2 heterocycles. The zero-order valence-electron chi connectivity index (χ0n) is 12.5. The maximum atomic E-state index is 12.2. The molecule has 0 unspecified atom stereocenters. The molecule has 0 spiro atoms. The molecular formula is C18H16N2O2S. The molecule has 0 bridgehead atoms. The lowest BCUT2D eigenvalue weighted by molar-refractivity contribution is -0.124. The Morgan fingerprint density at radius 1 is 1.22 bits per heavy atom. The van der Waals surface area contributed by atoms with Crippen molar-refractivity contribution in [3.05, 3.63) is 48.5 Å². The number of benzene rings is 2. The van der Waals surface area contributed by atoms with Crippen molar-refractivity contribution >= 4 is 33.1 Å². The molecule has 3 aromatic rings. The highest BCUT2D eigenvalue weighted by molar-refractivity contribution is 7.21. The van der Waals surface area contributed by atoms with E-state index in [4.69, 9.17) is 4.74 Å². The first-order valence-electron chi connectivity index (χ1n) is 7.68. The van der Waals surface area contributed by atoms with Gasteiger partial charge in [0.15, 0.2) is 0 Å². The van der Waals surface area contributed by atoms with Crippen LogP contribution < -0.4 is 5.32 Å². The smallest absolute Gasteiger partial charge is 0.253 e. The third-order valence-corrected chi connectivity index (χ3v) is 4.98. The van der Waals surface area contributed by atoms with Crippen LogP contribution in [-0.4, -0.2) is 23.6 Å². The maximum Gasteiger partial charge on any atom is 0.253 e. The van der Waals surface area contributed by atoms with Crippen molar-refractivity contribution in [3.63, 3.8) is 0 Å². The maximum absolute atomic E-state index is 12.2. The van der Waals surface area contributed by atoms with Crippen LogP contribution in [0, 0.1) is 0 Å². The van der Waals surface area contributed by atoms with Crippen LogP contribution in [0.5, 0.6) is 0 Å². The third kappa shape index (κ3) is 2.98. The summed E-state index contributed by atoms with van der Waals surface area (Å²) in [5.74, 6) is -0.0658. The molecule has 0 radical (unpaired) electrons. The van der Waals surface area contributed by atoms with Gasteiger partial charge in [-0.25, -0.2) is 4.98 Å². The summed E-state index contributed by atoms with van der Waals surface area (Å²) in [6.45, 7) is 0.670. The second-order valence-corrected chi connectivity index (χ2v) is 6.59. The van der Waals surface area contributed by atoms with Crippen LogP contribution in [0.25, 0.3) is 20.8 Å². The first kappa shape index (κ1) is 14.4.